The molecule has 1 heterocycles. The van der Waals surface area contributed by atoms with Crippen LogP contribution < -0.4 is 5.32 Å². The summed E-state index contributed by atoms with van der Waals surface area (Å²) in [6.07, 6.45) is 1.95. The molecule has 1 aromatic heterocycles. The molecule has 94 valence electrons. The minimum Gasteiger partial charge on any atom is -0.508 e. The Bertz CT molecular complexity index is 563. The first-order valence-corrected chi connectivity index (χ1v) is 6.20. The van der Waals surface area contributed by atoms with Gasteiger partial charge >= 0.3 is 0 Å². The van der Waals surface area contributed by atoms with Crippen LogP contribution in [0.25, 0.3) is 0 Å². The van der Waals surface area contributed by atoms with Gasteiger partial charge in [0.05, 0.1) is 5.69 Å². The van der Waals surface area contributed by atoms with Crippen molar-refractivity contribution in [1.82, 2.24) is 10.5 Å². The van der Waals surface area contributed by atoms with Gasteiger partial charge < -0.3 is 14.9 Å². The molecule has 0 aliphatic heterocycles. The molecule has 0 amide bonds. The molecule has 4 nitrogen and oxygen atoms in total. The molecule has 4 heteroatoms. The van der Waals surface area contributed by atoms with Crippen LogP contribution in [0.15, 0.2) is 28.8 Å². The lowest BCUT2D eigenvalue weighted by molar-refractivity contribution is 0.385. The average Bonchev–Trinajstić information content (AvgIpc) is 2.94. The van der Waals surface area contributed by atoms with Gasteiger partial charge in [-0.3, -0.25) is 0 Å². The lowest BCUT2D eigenvalue weighted by atomic mass is 10.1. The SMILES string of the molecule is Cc1cc(CNC2CCc3c(O)cccc32)no1. The molecule has 1 aliphatic carbocycles. The number of rotatable bonds is 3. The maximum atomic E-state index is 9.78. The minimum atomic E-state index is 0.295. The van der Waals surface area contributed by atoms with Gasteiger partial charge in [-0.05, 0) is 37.0 Å². The van der Waals surface area contributed by atoms with Crippen LogP contribution >= 0.6 is 0 Å². The molecule has 0 saturated heterocycles. The molecule has 2 aromatic rings. The van der Waals surface area contributed by atoms with Gasteiger partial charge in [-0.15, -0.1) is 0 Å². The highest BCUT2D eigenvalue weighted by Crippen LogP contribution is 2.36. The fraction of sp³-hybridized carbons (Fsp3) is 0.357. The molecule has 0 spiro atoms. The second-order valence-electron chi connectivity index (χ2n) is 4.75. The molecule has 1 aromatic carbocycles. The fourth-order valence-electron chi connectivity index (χ4n) is 2.58. The van der Waals surface area contributed by atoms with Crippen molar-refractivity contribution in [3.8, 4) is 5.75 Å². The van der Waals surface area contributed by atoms with Crippen LogP contribution in [0.4, 0.5) is 0 Å². The number of aromatic nitrogens is 1. The van der Waals surface area contributed by atoms with Crippen LogP contribution in [-0.4, -0.2) is 10.3 Å². The van der Waals surface area contributed by atoms with Gasteiger partial charge in [0.15, 0.2) is 0 Å². The van der Waals surface area contributed by atoms with Crippen molar-refractivity contribution in [2.75, 3.05) is 0 Å². The molecule has 1 atom stereocenters. The number of hydrogen-bond donors (Lipinski definition) is 2. The molecular weight excluding hydrogens is 228 g/mol. The fourth-order valence-corrected chi connectivity index (χ4v) is 2.58. The summed E-state index contributed by atoms with van der Waals surface area (Å²) < 4.78 is 5.04. The lowest BCUT2D eigenvalue weighted by Gasteiger charge is -2.12. The van der Waals surface area contributed by atoms with Crippen LogP contribution in [0.3, 0.4) is 0 Å². The third-order valence-electron chi connectivity index (χ3n) is 3.45. The van der Waals surface area contributed by atoms with E-state index in [1.807, 2.05) is 19.1 Å². The number of fused-ring (bicyclic) bond motifs is 1. The van der Waals surface area contributed by atoms with Gasteiger partial charge in [-0.25, -0.2) is 0 Å². The summed E-state index contributed by atoms with van der Waals surface area (Å²) in [6.45, 7) is 2.58. The Kier molecular flexibility index (Phi) is 2.80. The summed E-state index contributed by atoms with van der Waals surface area (Å²) in [4.78, 5) is 0. The number of hydrogen-bond acceptors (Lipinski definition) is 4. The molecule has 18 heavy (non-hydrogen) atoms. The zero-order chi connectivity index (χ0) is 12.5. The number of phenols is 1. The van der Waals surface area contributed by atoms with E-state index in [-0.39, 0.29) is 0 Å². The summed E-state index contributed by atoms with van der Waals surface area (Å²) in [7, 11) is 0. The Morgan fingerprint density at radius 2 is 2.39 bits per heavy atom. The van der Waals surface area contributed by atoms with Gasteiger partial charge in [-0.2, -0.15) is 0 Å². The largest absolute Gasteiger partial charge is 0.508 e. The van der Waals surface area contributed by atoms with Crippen LogP contribution in [0, 0.1) is 6.92 Å². The van der Waals surface area contributed by atoms with Crippen LogP contribution in [0.1, 0.15) is 35.0 Å². The van der Waals surface area contributed by atoms with Crippen molar-refractivity contribution in [2.24, 2.45) is 0 Å². The zero-order valence-electron chi connectivity index (χ0n) is 10.3. The van der Waals surface area contributed by atoms with E-state index in [0.717, 1.165) is 29.9 Å². The molecular formula is C14H16N2O2. The van der Waals surface area contributed by atoms with Crippen LogP contribution in [-0.2, 0) is 13.0 Å². The highest BCUT2D eigenvalue weighted by Gasteiger charge is 2.24. The first-order valence-electron chi connectivity index (χ1n) is 6.20. The maximum Gasteiger partial charge on any atom is 0.133 e. The van der Waals surface area contributed by atoms with E-state index >= 15 is 0 Å². The molecule has 0 fully saturated rings. The standard InChI is InChI=1S/C14H16N2O2/c1-9-7-10(16-18-9)8-15-13-6-5-12-11(13)3-2-4-14(12)17/h2-4,7,13,15,17H,5-6,8H2,1H3. The second-order valence-corrected chi connectivity index (χ2v) is 4.75. The molecule has 0 bridgehead atoms. The summed E-state index contributed by atoms with van der Waals surface area (Å²) >= 11 is 0. The average molecular weight is 244 g/mol. The molecule has 0 radical (unpaired) electrons. The third kappa shape index (κ3) is 1.99. The highest BCUT2D eigenvalue weighted by atomic mass is 16.5. The molecule has 1 aliphatic rings. The van der Waals surface area contributed by atoms with Gasteiger partial charge in [0.2, 0.25) is 0 Å². The summed E-state index contributed by atoms with van der Waals surface area (Å²) in [5.41, 5.74) is 3.20. The number of nitrogens with zero attached hydrogens (tertiary/aromatic N) is 1. The van der Waals surface area contributed by atoms with E-state index in [4.69, 9.17) is 4.52 Å². The lowest BCUT2D eigenvalue weighted by Crippen LogP contribution is -2.18. The molecule has 0 saturated carbocycles. The van der Waals surface area contributed by atoms with Crippen molar-refractivity contribution in [3.63, 3.8) is 0 Å². The highest BCUT2D eigenvalue weighted by molar-refractivity contribution is 5.44. The Hall–Kier alpha value is -1.81. The predicted octanol–water partition coefficient (Wildman–Crippen LogP) is 2.47. The number of nitrogens with one attached hydrogen (secondary N) is 1. The smallest absolute Gasteiger partial charge is 0.133 e. The number of aromatic hydroxyl groups is 1. The third-order valence-corrected chi connectivity index (χ3v) is 3.45. The normalized spacial score (nSPS) is 17.9. The number of phenolic OH excluding ortho intramolecular Hbond substituents is 1. The van der Waals surface area contributed by atoms with E-state index < -0.39 is 0 Å². The van der Waals surface area contributed by atoms with E-state index in [0.29, 0.717) is 18.3 Å². The van der Waals surface area contributed by atoms with Crippen molar-refractivity contribution >= 4 is 0 Å². The van der Waals surface area contributed by atoms with Crippen molar-refractivity contribution in [2.45, 2.75) is 32.4 Å². The predicted molar refractivity (Wildman–Crippen MR) is 67.2 cm³/mol. The Morgan fingerprint density at radius 3 is 3.17 bits per heavy atom. The van der Waals surface area contributed by atoms with E-state index in [2.05, 4.69) is 16.5 Å². The van der Waals surface area contributed by atoms with Gasteiger partial charge in [0.25, 0.3) is 0 Å². The van der Waals surface area contributed by atoms with Gasteiger partial charge in [0, 0.05) is 18.7 Å². The molecule has 2 N–H and O–H groups in total. The Balaban J connectivity index is 1.71. The topological polar surface area (TPSA) is 58.3 Å². The molecule has 3 rings (SSSR count). The van der Waals surface area contributed by atoms with Gasteiger partial charge in [0.1, 0.15) is 11.5 Å². The zero-order valence-corrected chi connectivity index (χ0v) is 10.3. The van der Waals surface area contributed by atoms with E-state index in [9.17, 15) is 5.11 Å². The number of aryl methyl sites for hydroxylation is 1. The monoisotopic (exact) mass is 244 g/mol. The first kappa shape index (κ1) is 11.3. The van der Waals surface area contributed by atoms with Crippen LogP contribution in [0.5, 0.6) is 5.75 Å². The summed E-state index contributed by atoms with van der Waals surface area (Å²) in [5.74, 6) is 1.24. The summed E-state index contributed by atoms with van der Waals surface area (Å²) in [6, 6.07) is 7.96. The van der Waals surface area contributed by atoms with Gasteiger partial charge in [-0.1, -0.05) is 17.3 Å². The van der Waals surface area contributed by atoms with Crippen molar-refractivity contribution in [3.05, 3.63) is 46.8 Å². The minimum absolute atomic E-state index is 0.295. The second kappa shape index (κ2) is 4.46. The van der Waals surface area contributed by atoms with Crippen molar-refractivity contribution < 1.29 is 9.63 Å². The van der Waals surface area contributed by atoms with E-state index in [1.54, 1.807) is 6.07 Å². The Morgan fingerprint density at radius 1 is 1.50 bits per heavy atom. The summed E-state index contributed by atoms with van der Waals surface area (Å²) in [5, 5.41) is 17.2. The Labute approximate surface area is 106 Å². The van der Waals surface area contributed by atoms with Crippen LogP contribution in [0.2, 0.25) is 0 Å². The first-order chi connectivity index (χ1) is 8.74. The number of benzene rings is 1. The van der Waals surface area contributed by atoms with Crippen molar-refractivity contribution in [1.29, 1.82) is 0 Å². The quantitative estimate of drug-likeness (QED) is 0.870. The molecule has 1 unspecified atom stereocenters. The van der Waals surface area contributed by atoms with E-state index in [1.165, 1.54) is 5.56 Å². The maximum absolute atomic E-state index is 9.78.